The summed E-state index contributed by atoms with van der Waals surface area (Å²) in [5.74, 6) is -1.70. The molecule has 8 bridgehead atoms. The van der Waals surface area contributed by atoms with Crippen LogP contribution in [-0.4, -0.2) is 147 Å². The Morgan fingerprint density at radius 2 is 0.603 bits per heavy atom. The van der Waals surface area contributed by atoms with E-state index in [1.54, 1.807) is 0 Å². The van der Waals surface area contributed by atoms with Gasteiger partial charge in [-0.2, -0.15) is 0 Å². The third-order valence-electron chi connectivity index (χ3n) is 15.5. The van der Waals surface area contributed by atoms with Crippen LogP contribution in [0.4, 0.5) is 0 Å². The van der Waals surface area contributed by atoms with E-state index < -0.39 is 11.9 Å². The van der Waals surface area contributed by atoms with Gasteiger partial charge in [-0.25, -0.2) is 0 Å². The molecule has 14 N–H and O–H groups in total. The number of carbonyl (C=O) groups is 2. The van der Waals surface area contributed by atoms with E-state index in [-0.39, 0.29) is 12.8 Å². The molecule has 0 unspecified atom stereocenters. The molecule has 0 amide bonds. The average molecular weight is 1080 g/mol. The summed E-state index contributed by atoms with van der Waals surface area (Å²) in [6, 6.07) is 0. The molecule has 5 heterocycles. The van der Waals surface area contributed by atoms with E-state index in [1.165, 1.54) is 73.6 Å². The predicted molar refractivity (Wildman–Crippen MR) is 324 cm³/mol. The lowest BCUT2D eigenvalue weighted by atomic mass is 10.0. The van der Waals surface area contributed by atoms with Crippen molar-refractivity contribution in [2.24, 2.45) is 0 Å². The highest BCUT2D eigenvalue weighted by Gasteiger charge is 2.18. The zero-order valence-electron chi connectivity index (χ0n) is 49.1. The van der Waals surface area contributed by atoms with Crippen LogP contribution in [0.25, 0.3) is 24.3 Å². The van der Waals surface area contributed by atoms with Crippen LogP contribution in [0.15, 0.2) is 0 Å². The number of carboxylic acid groups (broad SMARTS) is 2. The number of carboxylic acids is 2. The Morgan fingerprint density at radius 1 is 0.333 bits per heavy atom. The maximum absolute atomic E-state index is 12.0. The molecule has 0 saturated carbocycles. The Balaban J connectivity index is 1.28. The number of unbranched alkanes of at least 4 members (excludes halogenated alkanes) is 6. The number of aromatic amines is 4. The maximum atomic E-state index is 12.0. The molecule has 0 spiro atoms. The van der Waals surface area contributed by atoms with E-state index >= 15 is 0 Å². The molecular formula is C62H104N12O4. The summed E-state index contributed by atoms with van der Waals surface area (Å²) in [5, 5.41) is 52.2. The summed E-state index contributed by atoms with van der Waals surface area (Å²) in [6.45, 7) is 29.5. The first-order chi connectivity index (χ1) is 38.0. The fourth-order valence-corrected chi connectivity index (χ4v) is 10.6. The first-order valence-electron chi connectivity index (χ1n) is 30.4. The summed E-state index contributed by atoms with van der Waals surface area (Å²) in [7, 11) is 0. The fourth-order valence-electron chi connectivity index (χ4n) is 10.6. The van der Waals surface area contributed by atoms with Crippen LogP contribution in [0.1, 0.15) is 171 Å². The third kappa shape index (κ3) is 22.4. The van der Waals surface area contributed by atoms with Crippen molar-refractivity contribution in [3.63, 3.8) is 0 Å². The monoisotopic (exact) mass is 1080 g/mol. The van der Waals surface area contributed by atoms with Crippen LogP contribution in [0.2, 0.25) is 0 Å². The summed E-state index contributed by atoms with van der Waals surface area (Å²) >= 11 is 0. The van der Waals surface area contributed by atoms with Gasteiger partial charge in [0.15, 0.2) is 0 Å². The third-order valence-corrected chi connectivity index (χ3v) is 15.5. The lowest BCUT2D eigenvalue weighted by Crippen LogP contribution is -2.23. The molecule has 4 aromatic rings. The van der Waals surface area contributed by atoms with E-state index in [4.69, 9.17) is 0 Å². The van der Waals surface area contributed by atoms with Gasteiger partial charge in [0.25, 0.3) is 0 Å². The van der Waals surface area contributed by atoms with Crippen LogP contribution in [0.5, 0.6) is 0 Å². The zero-order valence-corrected chi connectivity index (χ0v) is 49.1. The van der Waals surface area contributed by atoms with Crippen molar-refractivity contribution in [3.8, 4) is 0 Å². The molecule has 0 atom stereocenters. The van der Waals surface area contributed by atoms with Crippen LogP contribution >= 0.6 is 0 Å². The summed E-state index contributed by atoms with van der Waals surface area (Å²) in [5.41, 5.74) is 12.6. The molecule has 436 valence electrons. The van der Waals surface area contributed by atoms with Crippen LogP contribution in [-0.2, 0) is 35.3 Å². The minimum atomic E-state index is -0.850. The number of hydrogen-bond donors (Lipinski definition) is 14. The second-order valence-electron chi connectivity index (χ2n) is 21.5. The maximum Gasteiger partial charge on any atom is 0.303 e. The second kappa shape index (κ2) is 37.2. The van der Waals surface area contributed by atoms with Gasteiger partial charge in [0, 0.05) is 57.0 Å². The number of aromatic nitrogens is 4. The van der Waals surface area contributed by atoms with Crippen molar-refractivity contribution >= 4 is 36.2 Å². The molecule has 4 aromatic heterocycles. The SMILES string of the molecule is CCNCCCCNCCCCNCCCCNCCc1c2[nH]c(c1C)C=c1[nH]c(c(CCC(=O)O)c1C)=Cc1[nH]c(c(C)c1CCC(=O)O)C=c1[nH]c(c(C)c1CCNCCCCNCCCCNCCCCNCC)=C2. The van der Waals surface area contributed by atoms with Gasteiger partial charge in [-0.3, -0.25) is 9.59 Å². The van der Waals surface area contributed by atoms with Gasteiger partial charge in [-0.15, -0.1) is 0 Å². The lowest BCUT2D eigenvalue weighted by Gasteiger charge is -2.08. The van der Waals surface area contributed by atoms with E-state index in [1.807, 2.05) is 0 Å². The minimum Gasteiger partial charge on any atom is -0.481 e. The number of nitrogens with one attached hydrogen (secondary N) is 12. The number of fused-ring (bicyclic) bond motifs is 8. The predicted octanol–water partition coefficient (Wildman–Crippen LogP) is 4.42. The molecule has 0 aromatic carbocycles. The fraction of sp³-hybridized carbons (Fsp3) is 0.645. The number of H-pyrrole nitrogens is 4. The molecule has 78 heavy (non-hydrogen) atoms. The van der Waals surface area contributed by atoms with E-state index in [9.17, 15) is 19.8 Å². The summed E-state index contributed by atoms with van der Waals surface area (Å²) < 4.78 is 0. The minimum absolute atomic E-state index is 0.00246. The van der Waals surface area contributed by atoms with Crippen molar-refractivity contribution in [2.45, 2.75) is 157 Å². The van der Waals surface area contributed by atoms with Crippen LogP contribution in [0.3, 0.4) is 0 Å². The lowest BCUT2D eigenvalue weighted by molar-refractivity contribution is -0.138. The number of rotatable bonds is 44. The van der Waals surface area contributed by atoms with Crippen molar-refractivity contribution in [1.82, 2.24) is 62.5 Å². The van der Waals surface area contributed by atoms with Gasteiger partial charge in [0.2, 0.25) is 0 Å². The van der Waals surface area contributed by atoms with Crippen LogP contribution < -0.4 is 63.9 Å². The molecule has 0 saturated heterocycles. The topological polar surface area (TPSA) is 234 Å². The molecule has 16 heteroatoms. The van der Waals surface area contributed by atoms with Crippen molar-refractivity contribution in [3.05, 3.63) is 88.7 Å². The Kier molecular flexibility index (Phi) is 30.6. The number of hydrogen-bond acceptors (Lipinski definition) is 10. The Morgan fingerprint density at radius 3 is 0.962 bits per heavy atom. The highest BCUT2D eigenvalue weighted by Crippen LogP contribution is 2.24. The van der Waals surface area contributed by atoms with Gasteiger partial charge in [-0.05, 0) is 304 Å². The van der Waals surface area contributed by atoms with Gasteiger partial charge < -0.3 is 72.7 Å². The Hall–Kier alpha value is -4.78. The molecule has 0 radical (unpaired) electrons. The zero-order chi connectivity index (χ0) is 55.7. The molecule has 1 aliphatic heterocycles. The normalized spacial score (nSPS) is 12.2. The largest absolute Gasteiger partial charge is 0.481 e. The highest BCUT2D eigenvalue weighted by molar-refractivity contribution is 5.70. The smallest absolute Gasteiger partial charge is 0.303 e. The Bertz CT molecular complexity index is 2620. The van der Waals surface area contributed by atoms with E-state index in [0.29, 0.717) is 12.8 Å². The van der Waals surface area contributed by atoms with Gasteiger partial charge in [0.05, 0.1) is 0 Å². The molecule has 0 fully saturated rings. The van der Waals surface area contributed by atoms with Gasteiger partial charge >= 0.3 is 11.9 Å². The molecule has 5 rings (SSSR count). The Labute approximate surface area is 467 Å². The van der Waals surface area contributed by atoms with Crippen molar-refractivity contribution < 1.29 is 19.8 Å². The van der Waals surface area contributed by atoms with Crippen molar-refractivity contribution in [2.75, 3.05) is 105 Å². The number of aliphatic carboxylic acids is 2. The second-order valence-corrected chi connectivity index (χ2v) is 21.5. The molecule has 1 aliphatic rings. The molecular weight excluding hydrogens is 977 g/mol. The van der Waals surface area contributed by atoms with Crippen molar-refractivity contribution in [1.29, 1.82) is 0 Å². The van der Waals surface area contributed by atoms with Crippen LogP contribution in [0, 0.1) is 27.7 Å². The quantitative estimate of drug-likeness (QED) is 0.0243. The first-order valence-corrected chi connectivity index (χ1v) is 30.4. The standard InChI is InChI=1S/C62H104N12O4/c1-7-63-27-9-11-29-65-31-13-15-33-67-35-17-19-37-69-39-25-51-47(5)54-41-53-45(3)49(21-23-61(75)76)59(72-53)44-60-50(22-24-62(77)78)46(4)55(74-60)42-58-52(48(6)56(73-58)43-57(51)71-54)26-40-70-38-20-18-36-68-34-16-14-32-66-30-12-10-28-64-8-2/h41-44,63-74H,7-40H2,1-6H3,(H,75,76)(H,77,78). The van der Waals surface area contributed by atoms with E-state index in [2.05, 4.69) is 128 Å². The molecule has 16 nitrogen and oxygen atoms in total. The summed E-state index contributed by atoms with van der Waals surface area (Å²) in [4.78, 5) is 39.0. The van der Waals surface area contributed by atoms with Gasteiger partial charge in [-0.1, -0.05) is 13.8 Å². The first kappa shape index (κ1) is 64.0. The van der Waals surface area contributed by atoms with E-state index in [0.717, 1.165) is 210 Å². The summed E-state index contributed by atoms with van der Waals surface area (Å²) in [6.07, 6.45) is 25.4. The average Bonchev–Trinajstić information content (AvgIpc) is 4.11. The van der Waals surface area contributed by atoms with Gasteiger partial charge in [0.1, 0.15) is 0 Å². The highest BCUT2D eigenvalue weighted by atomic mass is 16.4. The molecule has 0 aliphatic carbocycles.